The van der Waals surface area contributed by atoms with Gasteiger partial charge in [0.1, 0.15) is 13.2 Å². The van der Waals surface area contributed by atoms with Crippen LogP contribution in [0.1, 0.15) is 31.9 Å². The van der Waals surface area contributed by atoms with Crippen LogP contribution in [0.3, 0.4) is 0 Å². The second kappa shape index (κ2) is 8.34. The van der Waals surface area contributed by atoms with Crippen molar-refractivity contribution in [2.45, 2.75) is 26.2 Å². The lowest BCUT2D eigenvalue weighted by Gasteiger charge is -2.19. The molecule has 2 aromatic rings. The third-order valence-electron chi connectivity index (χ3n) is 3.64. The fourth-order valence-electron chi connectivity index (χ4n) is 2.20. The Bertz CT molecular complexity index is 667. The van der Waals surface area contributed by atoms with E-state index in [1.807, 2.05) is 54.6 Å². The number of hydrogen-bond acceptors (Lipinski definition) is 3. The maximum atomic E-state index is 11.7. The molecule has 0 saturated carbocycles. The standard InChI is InChI=1S/C21H25NO2/c1-21(2,3)18-11-13-19(14-12-18)22-16-20(23)24-15-7-10-17-8-5-4-6-9-17/h4-14,22H,15-16H2,1-3H3/b10-7+. The van der Waals surface area contributed by atoms with Crippen LogP contribution in [0, 0.1) is 0 Å². The highest BCUT2D eigenvalue weighted by Crippen LogP contribution is 2.23. The summed E-state index contributed by atoms with van der Waals surface area (Å²) in [6.07, 6.45) is 3.78. The topological polar surface area (TPSA) is 38.3 Å². The van der Waals surface area contributed by atoms with Gasteiger partial charge < -0.3 is 10.1 Å². The summed E-state index contributed by atoms with van der Waals surface area (Å²) in [7, 11) is 0. The Morgan fingerprint density at radius 1 is 1.04 bits per heavy atom. The molecule has 0 aromatic heterocycles. The van der Waals surface area contributed by atoms with Gasteiger partial charge in [-0.05, 0) is 34.8 Å². The number of esters is 1. The summed E-state index contributed by atoms with van der Waals surface area (Å²) in [4.78, 5) is 11.7. The lowest BCUT2D eigenvalue weighted by atomic mass is 9.87. The number of nitrogens with one attached hydrogen (secondary N) is 1. The largest absolute Gasteiger partial charge is 0.460 e. The summed E-state index contributed by atoms with van der Waals surface area (Å²) < 4.78 is 5.18. The summed E-state index contributed by atoms with van der Waals surface area (Å²) in [5, 5.41) is 3.08. The van der Waals surface area contributed by atoms with Gasteiger partial charge in [0.2, 0.25) is 0 Å². The Morgan fingerprint density at radius 2 is 1.71 bits per heavy atom. The SMILES string of the molecule is CC(C)(C)c1ccc(NCC(=O)OC/C=C/c2ccccc2)cc1. The second-order valence-corrected chi connectivity index (χ2v) is 6.68. The number of rotatable bonds is 6. The van der Waals surface area contributed by atoms with E-state index in [9.17, 15) is 4.79 Å². The van der Waals surface area contributed by atoms with E-state index in [1.54, 1.807) is 0 Å². The number of hydrogen-bond donors (Lipinski definition) is 1. The van der Waals surface area contributed by atoms with Crippen LogP contribution in [0.25, 0.3) is 6.08 Å². The molecule has 0 aliphatic rings. The fourth-order valence-corrected chi connectivity index (χ4v) is 2.20. The summed E-state index contributed by atoms with van der Waals surface area (Å²) in [5.41, 5.74) is 3.40. The molecule has 0 radical (unpaired) electrons. The summed E-state index contributed by atoms with van der Waals surface area (Å²) in [6.45, 7) is 6.97. The van der Waals surface area contributed by atoms with Gasteiger partial charge in [-0.1, -0.05) is 69.3 Å². The predicted molar refractivity (Wildman–Crippen MR) is 100 cm³/mol. The van der Waals surface area contributed by atoms with Crippen LogP contribution in [-0.2, 0) is 14.9 Å². The van der Waals surface area contributed by atoms with E-state index in [0.717, 1.165) is 11.3 Å². The zero-order valence-corrected chi connectivity index (χ0v) is 14.6. The minimum Gasteiger partial charge on any atom is -0.460 e. The molecule has 3 heteroatoms. The average Bonchev–Trinajstić information content (AvgIpc) is 2.57. The van der Waals surface area contributed by atoms with E-state index in [4.69, 9.17) is 4.74 Å². The predicted octanol–water partition coefficient (Wildman–Crippen LogP) is 4.65. The monoisotopic (exact) mass is 323 g/mol. The van der Waals surface area contributed by atoms with E-state index in [-0.39, 0.29) is 24.5 Å². The smallest absolute Gasteiger partial charge is 0.325 e. The van der Waals surface area contributed by atoms with Crippen LogP contribution in [0.4, 0.5) is 5.69 Å². The average molecular weight is 323 g/mol. The Hall–Kier alpha value is -2.55. The number of anilines is 1. The molecule has 1 N–H and O–H groups in total. The van der Waals surface area contributed by atoms with Crippen molar-refractivity contribution in [3.05, 3.63) is 71.8 Å². The Kier molecular flexibility index (Phi) is 6.19. The maximum absolute atomic E-state index is 11.7. The molecule has 24 heavy (non-hydrogen) atoms. The molecule has 0 saturated heterocycles. The van der Waals surface area contributed by atoms with Crippen molar-refractivity contribution in [3.8, 4) is 0 Å². The van der Waals surface area contributed by atoms with Gasteiger partial charge in [-0.15, -0.1) is 0 Å². The zero-order chi connectivity index (χ0) is 17.4. The van der Waals surface area contributed by atoms with Crippen LogP contribution in [0.15, 0.2) is 60.7 Å². The minimum absolute atomic E-state index is 0.128. The molecule has 0 atom stereocenters. The van der Waals surface area contributed by atoms with Gasteiger partial charge in [-0.3, -0.25) is 4.79 Å². The zero-order valence-electron chi connectivity index (χ0n) is 14.6. The lowest BCUT2D eigenvalue weighted by molar-refractivity contribution is -0.140. The number of carbonyl (C=O) groups excluding carboxylic acids is 1. The van der Waals surface area contributed by atoms with Gasteiger partial charge >= 0.3 is 5.97 Å². The van der Waals surface area contributed by atoms with Crippen LogP contribution in [0.2, 0.25) is 0 Å². The van der Waals surface area contributed by atoms with Crippen LogP contribution in [0.5, 0.6) is 0 Å². The van der Waals surface area contributed by atoms with Crippen molar-refractivity contribution in [2.24, 2.45) is 0 Å². The molecule has 126 valence electrons. The van der Waals surface area contributed by atoms with Crippen LogP contribution in [-0.4, -0.2) is 19.1 Å². The van der Waals surface area contributed by atoms with Gasteiger partial charge in [0.05, 0.1) is 0 Å². The molecule has 2 aromatic carbocycles. The van der Waals surface area contributed by atoms with Crippen molar-refractivity contribution in [1.82, 2.24) is 0 Å². The molecule has 0 amide bonds. The van der Waals surface area contributed by atoms with Gasteiger partial charge in [-0.2, -0.15) is 0 Å². The van der Waals surface area contributed by atoms with Crippen LogP contribution < -0.4 is 5.32 Å². The minimum atomic E-state index is -0.271. The summed E-state index contributed by atoms with van der Waals surface area (Å²) >= 11 is 0. The molecule has 0 aliphatic heterocycles. The first kappa shape index (κ1) is 17.8. The first-order valence-electron chi connectivity index (χ1n) is 8.17. The third kappa shape index (κ3) is 5.92. The molecular weight excluding hydrogens is 298 g/mol. The quantitative estimate of drug-likeness (QED) is 0.786. The molecular formula is C21H25NO2. The van der Waals surface area contributed by atoms with Gasteiger partial charge in [0.25, 0.3) is 0 Å². The Labute approximate surface area is 144 Å². The third-order valence-corrected chi connectivity index (χ3v) is 3.64. The fraction of sp³-hybridized carbons (Fsp3) is 0.286. The van der Waals surface area contributed by atoms with E-state index in [2.05, 4.69) is 38.2 Å². The first-order valence-corrected chi connectivity index (χ1v) is 8.17. The molecule has 0 fully saturated rings. The number of benzene rings is 2. The maximum Gasteiger partial charge on any atom is 0.325 e. The molecule has 0 heterocycles. The highest BCUT2D eigenvalue weighted by atomic mass is 16.5. The molecule has 0 bridgehead atoms. The number of carbonyl (C=O) groups is 1. The molecule has 2 rings (SSSR count). The van der Waals surface area contributed by atoms with E-state index in [0.29, 0.717) is 0 Å². The summed E-state index contributed by atoms with van der Waals surface area (Å²) in [6, 6.07) is 18.1. The van der Waals surface area contributed by atoms with Gasteiger partial charge in [-0.25, -0.2) is 0 Å². The normalized spacial score (nSPS) is 11.5. The molecule has 0 spiro atoms. The van der Waals surface area contributed by atoms with Gasteiger partial charge in [0, 0.05) is 5.69 Å². The van der Waals surface area contributed by atoms with Crippen molar-refractivity contribution < 1.29 is 9.53 Å². The number of ether oxygens (including phenoxy) is 1. The molecule has 3 nitrogen and oxygen atoms in total. The van der Waals surface area contributed by atoms with Crippen molar-refractivity contribution >= 4 is 17.7 Å². The van der Waals surface area contributed by atoms with Crippen molar-refractivity contribution in [1.29, 1.82) is 0 Å². The highest BCUT2D eigenvalue weighted by molar-refractivity contribution is 5.75. The Morgan fingerprint density at radius 3 is 2.33 bits per heavy atom. The Balaban J connectivity index is 1.72. The van der Waals surface area contributed by atoms with Gasteiger partial charge in [0.15, 0.2) is 0 Å². The highest BCUT2D eigenvalue weighted by Gasteiger charge is 2.12. The lowest BCUT2D eigenvalue weighted by Crippen LogP contribution is -2.17. The second-order valence-electron chi connectivity index (χ2n) is 6.68. The van der Waals surface area contributed by atoms with Crippen LogP contribution >= 0.6 is 0 Å². The summed E-state index contributed by atoms with van der Waals surface area (Å²) in [5.74, 6) is -0.271. The van der Waals surface area contributed by atoms with E-state index < -0.39 is 0 Å². The first-order chi connectivity index (χ1) is 11.4. The van der Waals surface area contributed by atoms with E-state index in [1.165, 1.54) is 5.56 Å². The molecule has 0 aliphatic carbocycles. The van der Waals surface area contributed by atoms with E-state index >= 15 is 0 Å². The molecule has 0 unspecified atom stereocenters. The van der Waals surface area contributed by atoms with Crippen molar-refractivity contribution in [3.63, 3.8) is 0 Å². The van der Waals surface area contributed by atoms with Crippen molar-refractivity contribution in [2.75, 3.05) is 18.5 Å².